The molecule has 5 nitrogen and oxygen atoms in total. The maximum atomic E-state index is 12.2. The fourth-order valence-electron chi connectivity index (χ4n) is 3.14. The first-order chi connectivity index (χ1) is 13.8. The van der Waals surface area contributed by atoms with E-state index in [1.807, 2.05) is 36.4 Å². The summed E-state index contributed by atoms with van der Waals surface area (Å²) in [6.07, 6.45) is 3.20. The summed E-state index contributed by atoms with van der Waals surface area (Å²) in [5.74, 6) is 1.95. The van der Waals surface area contributed by atoms with E-state index in [4.69, 9.17) is 0 Å². The van der Waals surface area contributed by atoms with Gasteiger partial charge in [0.05, 0.1) is 12.3 Å². The van der Waals surface area contributed by atoms with E-state index in [0.29, 0.717) is 18.2 Å². The van der Waals surface area contributed by atoms with Crippen LogP contribution in [0.2, 0.25) is 0 Å². The van der Waals surface area contributed by atoms with Crippen LogP contribution in [0, 0.1) is 0 Å². The predicted molar refractivity (Wildman–Crippen MR) is 111 cm³/mol. The van der Waals surface area contributed by atoms with E-state index in [-0.39, 0.29) is 5.91 Å². The molecule has 6 heteroatoms. The van der Waals surface area contributed by atoms with Crippen LogP contribution in [0.5, 0.6) is 0 Å². The Balaban J connectivity index is 1.33. The Morgan fingerprint density at radius 3 is 2.36 bits per heavy atom. The van der Waals surface area contributed by atoms with Crippen molar-refractivity contribution >= 4 is 17.7 Å². The minimum Gasteiger partial charge on any atom is -0.355 e. The highest BCUT2D eigenvalue weighted by molar-refractivity contribution is 7.99. The van der Waals surface area contributed by atoms with E-state index in [0.717, 1.165) is 23.9 Å². The number of hydrogen-bond donors (Lipinski definition) is 1. The number of carbonyl (C=O) groups excluding carboxylic acids is 1. The minimum atomic E-state index is 0.0307. The van der Waals surface area contributed by atoms with Gasteiger partial charge in [0.25, 0.3) is 0 Å². The third-order valence-corrected chi connectivity index (χ3v) is 5.75. The van der Waals surface area contributed by atoms with Crippen molar-refractivity contribution in [3.8, 4) is 0 Å². The number of hydrogen-bond acceptors (Lipinski definition) is 4. The topological polar surface area (TPSA) is 59.8 Å². The van der Waals surface area contributed by atoms with Crippen molar-refractivity contribution in [1.29, 1.82) is 0 Å². The SMILES string of the molecule is O=C(CSc1nnc(C2CC2)n1Cc1ccccc1)NCCc1ccccc1. The molecule has 1 aliphatic carbocycles. The number of carbonyl (C=O) groups is 1. The summed E-state index contributed by atoms with van der Waals surface area (Å²) in [4.78, 5) is 12.2. The molecule has 0 saturated heterocycles. The van der Waals surface area contributed by atoms with E-state index in [1.165, 1.54) is 35.7 Å². The van der Waals surface area contributed by atoms with Gasteiger partial charge in [0.15, 0.2) is 5.16 Å². The average molecular weight is 393 g/mol. The molecule has 1 amide bonds. The molecule has 28 heavy (non-hydrogen) atoms. The van der Waals surface area contributed by atoms with Gasteiger partial charge < -0.3 is 9.88 Å². The van der Waals surface area contributed by atoms with Gasteiger partial charge in [0, 0.05) is 12.5 Å². The first-order valence-corrected chi connectivity index (χ1v) is 10.7. The van der Waals surface area contributed by atoms with Crippen molar-refractivity contribution in [3.05, 3.63) is 77.6 Å². The van der Waals surface area contributed by atoms with Crippen LogP contribution in [0.25, 0.3) is 0 Å². The monoisotopic (exact) mass is 392 g/mol. The zero-order valence-electron chi connectivity index (χ0n) is 15.8. The first kappa shape index (κ1) is 18.7. The van der Waals surface area contributed by atoms with Crippen LogP contribution in [0.3, 0.4) is 0 Å². The van der Waals surface area contributed by atoms with Gasteiger partial charge in [-0.1, -0.05) is 72.4 Å². The van der Waals surface area contributed by atoms with Crippen LogP contribution >= 0.6 is 11.8 Å². The Morgan fingerprint density at radius 1 is 1.00 bits per heavy atom. The van der Waals surface area contributed by atoms with Gasteiger partial charge in [0.1, 0.15) is 5.82 Å². The van der Waals surface area contributed by atoms with Crippen molar-refractivity contribution in [2.45, 2.75) is 36.9 Å². The molecular formula is C22H24N4OS. The molecule has 0 bridgehead atoms. The number of aromatic nitrogens is 3. The molecule has 1 N–H and O–H groups in total. The molecule has 1 heterocycles. The van der Waals surface area contributed by atoms with Gasteiger partial charge >= 0.3 is 0 Å². The summed E-state index contributed by atoms with van der Waals surface area (Å²) in [6, 6.07) is 20.5. The molecule has 0 atom stereocenters. The van der Waals surface area contributed by atoms with Gasteiger partial charge in [-0.15, -0.1) is 10.2 Å². The lowest BCUT2D eigenvalue weighted by atomic mass is 10.1. The highest BCUT2D eigenvalue weighted by Gasteiger charge is 2.30. The second-order valence-electron chi connectivity index (χ2n) is 7.06. The summed E-state index contributed by atoms with van der Waals surface area (Å²) in [7, 11) is 0. The molecule has 0 spiro atoms. The minimum absolute atomic E-state index is 0.0307. The average Bonchev–Trinajstić information content (AvgIpc) is 3.50. The lowest BCUT2D eigenvalue weighted by Crippen LogP contribution is -2.27. The zero-order valence-corrected chi connectivity index (χ0v) is 16.6. The van der Waals surface area contributed by atoms with Crippen molar-refractivity contribution in [2.24, 2.45) is 0 Å². The molecule has 0 aliphatic heterocycles. The summed E-state index contributed by atoms with van der Waals surface area (Å²) in [5.41, 5.74) is 2.45. The normalized spacial score (nSPS) is 13.4. The Kier molecular flexibility index (Phi) is 6.07. The standard InChI is InChI=1S/C22H24N4OS/c27-20(23-14-13-17-7-3-1-4-8-17)16-28-22-25-24-21(19-11-12-19)26(22)15-18-9-5-2-6-10-18/h1-10,19H,11-16H2,(H,23,27). The highest BCUT2D eigenvalue weighted by atomic mass is 32.2. The highest BCUT2D eigenvalue weighted by Crippen LogP contribution is 2.40. The van der Waals surface area contributed by atoms with Crippen molar-refractivity contribution in [3.63, 3.8) is 0 Å². The molecule has 1 aromatic heterocycles. The van der Waals surface area contributed by atoms with Crippen molar-refractivity contribution in [1.82, 2.24) is 20.1 Å². The third-order valence-electron chi connectivity index (χ3n) is 4.78. The molecule has 0 radical (unpaired) electrons. The predicted octanol–water partition coefficient (Wildman–Crippen LogP) is 3.65. The Hall–Kier alpha value is -2.60. The maximum Gasteiger partial charge on any atom is 0.230 e. The van der Waals surface area contributed by atoms with Gasteiger partial charge in [-0.2, -0.15) is 0 Å². The van der Waals surface area contributed by atoms with Crippen LogP contribution in [0.1, 0.15) is 35.7 Å². The molecule has 0 unspecified atom stereocenters. The Bertz CT molecular complexity index is 907. The quantitative estimate of drug-likeness (QED) is 0.565. The van der Waals surface area contributed by atoms with Gasteiger partial charge in [-0.25, -0.2) is 0 Å². The van der Waals surface area contributed by atoms with Gasteiger partial charge in [-0.05, 0) is 30.4 Å². The largest absolute Gasteiger partial charge is 0.355 e. The molecule has 144 valence electrons. The number of thioether (sulfide) groups is 1. The van der Waals surface area contributed by atoms with E-state index in [2.05, 4.69) is 44.3 Å². The fraction of sp³-hybridized carbons (Fsp3) is 0.318. The number of amides is 1. The Labute approximate surface area is 169 Å². The number of benzene rings is 2. The van der Waals surface area contributed by atoms with Crippen molar-refractivity contribution < 1.29 is 4.79 Å². The van der Waals surface area contributed by atoms with Crippen LogP contribution in [-0.2, 0) is 17.8 Å². The molecule has 1 saturated carbocycles. The number of rotatable bonds is 9. The third kappa shape index (κ3) is 5.01. The van der Waals surface area contributed by atoms with E-state index < -0.39 is 0 Å². The van der Waals surface area contributed by atoms with E-state index in [9.17, 15) is 4.79 Å². The Morgan fingerprint density at radius 2 is 1.68 bits per heavy atom. The number of nitrogens with zero attached hydrogens (tertiary/aromatic N) is 3. The van der Waals surface area contributed by atoms with Crippen LogP contribution < -0.4 is 5.32 Å². The van der Waals surface area contributed by atoms with Crippen LogP contribution in [0.15, 0.2) is 65.8 Å². The fourth-order valence-corrected chi connectivity index (χ4v) is 3.91. The summed E-state index contributed by atoms with van der Waals surface area (Å²) in [6.45, 7) is 1.39. The molecule has 4 rings (SSSR count). The zero-order chi connectivity index (χ0) is 19.2. The lowest BCUT2D eigenvalue weighted by Gasteiger charge is -2.10. The second-order valence-corrected chi connectivity index (χ2v) is 8.00. The lowest BCUT2D eigenvalue weighted by molar-refractivity contribution is -0.118. The number of nitrogens with one attached hydrogen (secondary N) is 1. The van der Waals surface area contributed by atoms with E-state index in [1.54, 1.807) is 0 Å². The summed E-state index contributed by atoms with van der Waals surface area (Å²) >= 11 is 1.46. The van der Waals surface area contributed by atoms with Crippen LogP contribution in [0.4, 0.5) is 0 Å². The second kappa shape index (κ2) is 9.06. The smallest absolute Gasteiger partial charge is 0.230 e. The maximum absolute atomic E-state index is 12.2. The van der Waals surface area contributed by atoms with Gasteiger partial charge in [0.2, 0.25) is 5.91 Å². The first-order valence-electron chi connectivity index (χ1n) is 9.70. The van der Waals surface area contributed by atoms with Gasteiger partial charge in [-0.3, -0.25) is 4.79 Å². The molecular weight excluding hydrogens is 368 g/mol. The molecule has 3 aromatic rings. The molecule has 1 aliphatic rings. The molecule has 2 aromatic carbocycles. The summed E-state index contributed by atoms with van der Waals surface area (Å²) < 4.78 is 2.18. The van der Waals surface area contributed by atoms with Crippen LogP contribution in [-0.4, -0.2) is 33.0 Å². The summed E-state index contributed by atoms with van der Waals surface area (Å²) in [5, 5.41) is 12.6. The molecule has 1 fully saturated rings. The van der Waals surface area contributed by atoms with E-state index >= 15 is 0 Å². The van der Waals surface area contributed by atoms with Crippen molar-refractivity contribution in [2.75, 3.05) is 12.3 Å².